The van der Waals surface area contributed by atoms with E-state index in [0.717, 1.165) is 0 Å². The summed E-state index contributed by atoms with van der Waals surface area (Å²) in [7, 11) is 0. The fourth-order valence-electron chi connectivity index (χ4n) is 2.12. The minimum absolute atomic E-state index is 0.00208. The number of hydrazine groups is 1. The average Bonchev–Trinajstić information content (AvgIpc) is 2.71. The van der Waals surface area contributed by atoms with Crippen molar-refractivity contribution >= 4 is 58.4 Å². The number of halogens is 1. The molecule has 7 nitrogen and oxygen atoms in total. The Morgan fingerprint density at radius 3 is 2.28 bits per heavy atom. The summed E-state index contributed by atoms with van der Waals surface area (Å²) < 4.78 is 0. The number of benzene rings is 2. The van der Waals surface area contributed by atoms with Gasteiger partial charge in [-0.1, -0.05) is 48.0 Å². The quantitative estimate of drug-likeness (QED) is 0.321. The smallest absolute Gasteiger partial charge is 0.250 e. The molecule has 29 heavy (non-hydrogen) atoms. The molecule has 0 saturated heterocycles. The van der Waals surface area contributed by atoms with Crippen LogP contribution in [0.3, 0.4) is 0 Å². The Kier molecular flexibility index (Phi) is 8.81. The number of rotatable bonds is 6. The average molecular weight is 431 g/mol. The van der Waals surface area contributed by atoms with Gasteiger partial charge in [0.2, 0.25) is 17.7 Å². The fraction of sp³-hybridized carbons (Fsp3) is 0.100. The number of anilines is 1. The Morgan fingerprint density at radius 1 is 0.897 bits per heavy atom. The summed E-state index contributed by atoms with van der Waals surface area (Å²) in [5.74, 6) is -1.22. The molecule has 0 bridgehead atoms. The molecule has 2 rings (SSSR count). The molecule has 150 valence electrons. The second-order valence-electron chi connectivity index (χ2n) is 5.76. The number of carbonyl (C=O) groups is 3. The number of para-hydroxylation sites is 1. The first-order chi connectivity index (χ1) is 13.9. The molecule has 0 aliphatic carbocycles. The molecule has 0 heterocycles. The molecular weight excluding hydrogens is 412 g/mol. The van der Waals surface area contributed by atoms with E-state index in [1.165, 1.54) is 6.08 Å². The third-order valence-electron chi connectivity index (χ3n) is 3.51. The van der Waals surface area contributed by atoms with E-state index in [1.54, 1.807) is 54.6 Å². The molecule has 0 aromatic heterocycles. The molecule has 0 radical (unpaired) electrons. The van der Waals surface area contributed by atoms with Crippen LogP contribution in [0.15, 0.2) is 60.7 Å². The van der Waals surface area contributed by atoms with E-state index in [0.29, 0.717) is 16.3 Å². The van der Waals surface area contributed by atoms with Gasteiger partial charge in [0.25, 0.3) is 0 Å². The van der Waals surface area contributed by atoms with Crippen molar-refractivity contribution in [2.45, 2.75) is 12.8 Å². The summed E-state index contributed by atoms with van der Waals surface area (Å²) in [5.41, 5.74) is 6.07. The van der Waals surface area contributed by atoms with E-state index in [9.17, 15) is 14.4 Å². The van der Waals surface area contributed by atoms with E-state index in [2.05, 4.69) is 21.5 Å². The highest BCUT2D eigenvalue weighted by atomic mass is 35.5. The predicted molar refractivity (Wildman–Crippen MR) is 117 cm³/mol. The summed E-state index contributed by atoms with van der Waals surface area (Å²) >= 11 is 10.9. The van der Waals surface area contributed by atoms with Gasteiger partial charge in [0.1, 0.15) is 0 Å². The van der Waals surface area contributed by atoms with Crippen LogP contribution >= 0.6 is 23.8 Å². The molecule has 0 atom stereocenters. The van der Waals surface area contributed by atoms with Crippen molar-refractivity contribution in [2.24, 2.45) is 0 Å². The number of nitrogens with one attached hydrogen (secondary N) is 4. The molecule has 0 aliphatic rings. The lowest BCUT2D eigenvalue weighted by molar-refractivity contribution is -0.124. The maximum absolute atomic E-state index is 11.8. The van der Waals surface area contributed by atoms with Crippen LogP contribution in [0.2, 0.25) is 5.02 Å². The van der Waals surface area contributed by atoms with Crippen molar-refractivity contribution < 1.29 is 14.4 Å². The van der Waals surface area contributed by atoms with Crippen LogP contribution in [0.4, 0.5) is 5.69 Å². The number of hydrogen-bond acceptors (Lipinski definition) is 4. The number of amides is 3. The Labute approximate surface area is 178 Å². The van der Waals surface area contributed by atoms with Crippen molar-refractivity contribution in [1.29, 1.82) is 0 Å². The van der Waals surface area contributed by atoms with Crippen molar-refractivity contribution in [3.8, 4) is 0 Å². The number of thiocarbonyl (C=S) groups is 1. The second kappa shape index (κ2) is 11.6. The summed E-state index contributed by atoms with van der Waals surface area (Å²) in [4.78, 5) is 35.4. The molecule has 2 aromatic carbocycles. The van der Waals surface area contributed by atoms with E-state index >= 15 is 0 Å². The van der Waals surface area contributed by atoms with Crippen molar-refractivity contribution in [2.75, 3.05) is 5.32 Å². The van der Waals surface area contributed by atoms with Gasteiger partial charge in [0, 0.05) is 29.6 Å². The van der Waals surface area contributed by atoms with Gasteiger partial charge in [-0.15, -0.1) is 0 Å². The first-order valence-electron chi connectivity index (χ1n) is 8.61. The molecule has 4 N–H and O–H groups in total. The van der Waals surface area contributed by atoms with Gasteiger partial charge in [-0.2, -0.15) is 0 Å². The first kappa shape index (κ1) is 22.1. The Bertz CT molecular complexity index is 919. The minimum atomic E-state index is -0.487. The van der Waals surface area contributed by atoms with Gasteiger partial charge in [-0.25, -0.2) is 0 Å². The highest BCUT2D eigenvalue weighted by molar-refractivity contribution is 7.80. The van der Waals surface area contributed by atoms with Crippen LogP contribution in [-0.2, 0) is 14.4 Å². The predicted octanol–water partition coefficient (Wildman–Crippen LogP) is 2.79. The normalized spacial score (nSPS) is 10.2. The minimum Gasteiger partial charge on any atom is -0.326 e. The molecule has 9 heteroatoms. The van der Waals surface area contributed by atoms with E-state index in [-0.39, 0.29) is 23.9 Å². The Hall–Kier alpha value is -3.23. The van der Waals surface area contributed by atoms with Gasteiger partial charge in [0.15, 0.2) is 5.11 Å². The van der Waals surface area contributed by atoms with Crippen molar-refractivity contribution in [1.82, 2.24) is 16.2 Å². The van der Waals surface area contributed by atoms with Gasteiger partial charge >= 0.3 is 0 Å². The number of carbonyl (C=O) groups excluding carboxylic acids is 3. The molecule has 0 aliphatic heterocycles. The third kappa shape index (κ3) is 8.54. The van der Waals surface area contributed by atoms with Crippen molar-refractivity contribution in [3.05, 3.63) is 71.3 Å². The largest absolute Gasteiger partial charge is 0.326 e. The van der Waals surface area contributed by atoms with Gasteiger partial charge in [0.05, 0.1) is 0 Å². The van der Waals surface area contributed by atoms with Crippen LogP contribution in [0.5, 0.6) is 0 Å². The van der Waals surface area contributed by atoms with Crippen LogP contribution in [0, 0.1) is 0 Å². The first-order valence-corrected chi connectivity index (χ1v) is 9.40. The zero-order chi connectivity index (χ0) is 21.1. The topological polar surface area (TPSA) is 99.3 Å². The van der Waals surface area contributed by atoms with Crippen LogP contribution < -0.4 is 21.5 Å². The van der Waals surface area contributed by atoms with Crippen molar-refractivity contribution in [3.63, 3.8) is 0 Å². The van der Waals surface area contributed by atoms with E-state index < -0.39 is 11.8 Å². The van der Waals surface area contributed by atoms with Crippen LogP contribution in [0.1, 0.15) is 18.4 Å². The van der Waals surface area contributed by atoms with Gasteiger partial charge in [-0.05, 0) is 42.1 Å². The lowest BCUT2D eigenvalue weighted by atomic mass is 10.2. The lowest BCUT2D eigenvalue weighted by Gasteiger charge is -2.10. The van der Waals surface area contributed by atoms with Crippen LogP contribution in [-0.4, -0.2) is 22.8 Å². The van der Waals surface area contributed by atoms with E-state index in [4.69, 9.17) is 23.8 Å². The summed E-state index contributed by atoms with van der Waals surface area (Å²) in [6.07, 6.45) is 2.77. The second-order valence-corrected chi connectivity index (χ2v) is 6.58. The maximum atomic E-state index is 11.8. The fourth-order valence-corrected chi connectivity index (χ4v) is 2.47. The third-order valence-corrected chi connectivity index (χ3v) is 4.06. The SMILES string of the molecule is O=C(/C=C/c1ccccc1Cl)NC(=S)NNC(=O)CCC(=O)Nc1ccccc1. The molecular formula is C20H19ClN4O3S. The highest BCUT2D eigenvalue weighted by Gasteiger charge is 2.08. The number of hydrogen-bond donors (Lipinski definition) is 4. The Morgan fingerprint density at radius 2 is 1.55 bits per heavy atom. The zero-order valence-corrected chi connectivity index (χ0v) is 16.8. The van der Waals surface area contributed by atoms with E-state index in [1.807, 2.05) is 6.07 Å². The lowest BCUT2D eigenvalue weighted by Crippen LogP contribution is -2.48. The molecule has 0 fully saturated rings. The monoisotopic (exact) mass is 430 g/mol. The molecule has 0 spiro atoms. The summed E-state index contributed by atoms with van der Waals surface area (Å²) in [5, 5.41) is 5.49. The molecule has 0 saturated carbocycles. The zero-order valence-electron chi connectivity index (χ0n) is 15.3. The van der Waals surface area contributed by atoms with Crippen LogP contribution in [0.25, 0.3) is 6.08 Å². The summed E-state index contributed by atoms with van der Waals surface area (Å²) in [6.45, 7) is 0. The maximum Gasteiger partial charge on any atom is 0.250 e. The standard InChI is InChI=1S/C20H19ClN4O3S/c21-16-9-5-4-6-14(16)10-11-18(27)23-20(29)25-24-19(28)13-12-17(26)22-15-7-2-1-3-8-15/h1-11H,12-13H2,(H,22,26)(H,24,28)(H2,23,25,27,29)/b11-10+. The van der Waals surface area contributed by atoms with Gasteiger partial charge < -0.3 is 5.32 Å². The summed E-state index contributed by atoms with van der Waals surface area (Å²) in [6, 6.07) is 16.0. The molecule has 3 amide bonds. The molecule has 0 unspecified atom stereocenters. The van der Waals surface area contributed by atoms with Gasteiger partial charge in [-0.3, -0.25) is 30.6 Å². The highest BCUT2D eigenvalue weighted by Crippen LogP contribution is 2.15. The Balaban J connectivity index is 1.66. The molecule has 2 aromatic rings.